The van der Waals surface area contributed by atoms with Crippen LogP contribution >= 0.6 is 0 Å². The van der Waals surface area contributed by atoms with Gasteiger partial charge in [0.05, 0.1) is 17.0 Å². The van der Waals surface area contributed by atoms with Crippen LogP contribution in [0.2, 0.25) is 0 Å². The molecule has 0 atom stereocenters. The molecule has 0 bridgehead atoms. The summed E-state index contributed by atoms with van der Waals surface area (Å²) in [5.41, 5.74) is 5.51. The molecule has 9 nitrogen and oxygen atoms in total. The molecule has 2 aromatic rings. The zero-order valence-electron chi connectivity index (χ0n) is 11.0. The Hall–Kier alpha value is -2.97. The number of nitro groups is 1. The molecule has 1 aliphatic heterocycles. The summed E-state index contributed by atoms with van der Waals surface area (Å²) < 4.78 is 1.86. The number of carbonyl (C=O) groups excluding carboxylic acids is 1. The fraction of sp³-hybridized carbons (Fsp3) is 0.250. The number of anilines is 1. The topological polar surface area (TPSA) is 120 Å². The molecule has 0 radical (unpaired) electrons. The molecule has 0 saturated heterocycles. The van der Waals surface area contributed by atoms with Crippen molar-refractivity contribution in [3.8, 4) is 0 Å². The van der Waals surface area contributed by atoms with E-state index in [1.807, 2.05) is 4.57 Å². The van der Waals surface area contributed by atoms with Crippen LogP contribution in [0.15, 0.2) is 24.5 Å². The third-order valence-corrected chi connectivity index (χ3v) is 3.44. The molecule has 1 aromatic carbocycles. The lowest BCUT2D eigenvalue weighted by Crippen LogP contribution is -2.38. The molecule has 108 valence electrons. The fourth-order valence-corrected chi connectivity index (χ4v) is 2.31. The molecular formula is C12H12N6O3. The van der Waals surface area contributed by atoms with Crippen LogP contribution in [0.3, 0.4) is 0 Å². The molecule has 0 saturated carbocycles. The lowest BCUT2D eigenvalue weighted by atomic mass is 10.1. The van der Waals surface area contributed by atoms with Crippen molar-refractivity contribution in [2.45, 2.75) is 13.1 Å². The van der Waals surface area contributed by atoms with Crippen LogP contribution in [-0.2, 0) is 13.1 Å². The van der Waals surface area contributed by atoms with Crippen molar-refractivity contribution < 1.29 is 9.72 Å². The van der Waals surface area contributed by atoms with E-state index in [4.69, 9.17) is 5.73 Å². The van der Waals surface area contributed by atoms with E-state index in [9.17, 15) is 14.9 Å². The first kappa shape index (κ1) is 13.0. The Labute approximate surface area is 119 Å². The Morgan fingerprint density at radius 3 is 2.95 bits per heavy atom. The Kier molecular flexibility index (Phi) is 3.01. The number of carbonyl (C=O) groups is 1. The molecule has 1 aromatic heterocycles. The third-order valence-electron chi connectivity index (χ3n) is 3.44. The van der Waals surface area contributed by atoms with Crippen molar-refractivity contribution in [3.05, 3.63) is 46.0 Å². The number of aromatic nitrogens is 3. The van der Waals surface area contributed by atoms with E-state index in [2.05, 4.69) is 10.2 Å². The second-order valence-corrected chi connectivity index (χ2v) is 4.66. The normalized spacial score (nSPS) is 13.8. The van der Waals surface area contributed by atoms with Crippen LogP contribution in [0.25, 0.3) is 0 Å². The lowest BCUT2D eigenvalue weighted by molar-refractivity contribution is -0.383. The average Bonchev–Trinajstić information content (AvgIpc) is 2.93. The summed E-state index contributed by atoms with van der Waals surface area (Å²) in [6, 6.07) is 4.22. The zero-order chi connectivity index (χ0) is 15.0. The minimum atomic E-state index is -0.598. The van der Waals surface area contributed by atoms with Gasteiger partial charge in [-0.2, -0.15) is 0 Å². The maximum atomic E-state index is 12.5. The van der Waals surface area contributed by atoms with Crippen LogP contribution in [0.1, 0.15) is 16.2 Å². The molecule has 0 aliphatic carbocycles. The number of amides is 1. The van der Waals surface area contributed by atoms with Crippen molar-refractivity contribution >= 4 is 17.3 Å². The van der Waals surface area contributed by atoms with Crippen molar-refractivity contribution in [2.24, 2.45) is 0 Å². The summed E-state index contributed by atoms with van der Waals surface area (Å²) in [6.45, 7) is 1.37. The number of rotatable bonds is 2. The van der Waals surface area contributed by atoms with Gasteiger partial charge in [-0.15, -0.1) is 10.2 Å². The van der Waals surface area contributed by atoms with Gasteiger partial charge in [-0.05, 0) is 6.07 Å². The first-order chi connectivity index (χ1) is 10.1. The number of fused-ring (bicyclic) bond motifs is 1. The molecule has 2 N–H and O–H groups in total. The number of nitrogens with zero attached hydrogens (tertiary/aromatic N) is 5. The predicted molar refractivity (Wildman–Crippen MR) is 72.3 cm³/mol. The number of nitrogen functional groups attached to an aromatic ring is 1. The summed E-state index contributed by atoms with van der Waals surface area (Å²) in [7, 11) is 0. The molecule has 0 spiro atoms. The van der Waals surface area contributed by atoms with Crippen molar-refractivity contribution in [1.82, 2.24) is 19.7 Å². The van der Waals surface area contributed by atoms with Gasteiger partial charge >= 0.3 is 0 Å². The van der Waals surface area contributed by atoms with Gasteiger partial charge in [0.25, 0.3) is 11.6 Å². The Morgan fingerprint density at radius 2 is 2.19 bits per heavy atom. The maximum absolute atomic E-state index is 12.5. The SMILES string of the molecule is Nc1c(C(=O)N2CCn3cnnc3C2)cccc1[N+](=O)[O-]. The number of hydrogen-bond donors (Lipinski definition) is 1. The van der Waals surface area contributed by atoms with Crippen LogP contribution in [-0.4, -0.2) is 37.0 Å². The Morgan fingerprint density at radius 1 is 1.38 bits per heavy atom. The monoisotopic (exact) mass is 288 g/mol. The van der Waals surface area contributed by atoms with Gasteiger partial charge in [0.1, 0.15) is 12.0 Å². The molecule has 0 fully saturated rings. The third kappa shape index (κ3) is 2.18. The lowest BCUT2D eigenvalue weighted by Gasteiger charge is -2.27. The van der Waals surface area contributed by atoms with E-state index >= 15 is 0 Å². The second kappa shape index (κ2) is 4.85. The molecular weight excluding hydrogens is 276 g/mol. The van der Waals surface area contributed by atoms with Gasteiger partial charge in [-0.1, -0.05) is 6.07 Å². The molecule has 2 heterocycles. The average molecular weight is 288 g/mol. The standard InChI is InChI=1S/C12H12N6O3/c13-11-8(2-1-3-9(11)18(20)21)12(19)16-4-5-17-7-14-15-10(17)6-16/h1-3,7H,4-6,13H2. The molecule has 3 rings (SSSR count). The fourth-order valence-electron chi connectivity index (χ4n) is 2.31. The highest BCUT2D eigenvalue weighted by Gasteiger charge is 2.26. The quantitative estimate of drug-likeness (QED) is 0.486. The van der Waals surface area contributed by atoms with Crippen LogP contribution in [0, 0.1) is 10.1 Å². The minimum Gasteiger partial charge on any atom is -0.393 e. The molecule has 1 aliphatic rings. The van der Waals surface area contributed by atoms with Gasteiger partial charge in [0, 0.05) is 19.2 Å². The highest BCUT2D eigenvalue weighted by atomic mass is 16.6. The van der Waals surface area contributed by atoms with E-state index in [-0.39, 0.29) is 22.8 Å². The number of nitrogens with two attached hydrogens (primary N) is 1. The Bertz CT molecular complexity index is 726. The molecule has 1 amide bonds. The van der Waals surface area contributed by atoms with E-state index in [0.717, 1.165) is 0 Å². The number of hydrogen-bond acceptors (Lipinski definition) is 6. The van der Waals surface area contributed by atoms with Crippen LogP contribution < -0.4 is 5.73 Å². The van der Waals surface area contributed by atoms with Gasteiger partial charge < -0.3 is 15.2 Å². The van der Waals surface area contributed by atoms with E-state index in [1.54, 1.807) is 11.2 Å². The van der Waals surface area contributed by atoms with Crippen molar-refractivity contribution in [1.29, 1.82) is 0 Å². The van der Waals surface area contributed by atoms with E-state index in [1.165, 1.54) is 18.2 Å². The van der Waals surface area contributed by atoms with Crippen LogP contribution in [0.5, 0.6) is 0 Å². The number of benzene rings is 1. The van der Waals surface area contributed by atoms with Gasteiger partial charge in [-0.3, -0.25) is 14.9 Å². The summed E-state index contributed by atoms with van der Waals surface area (Å²) in [5.74, 6) is 0.337. The maximum Gasteiger partial charge on any atom is 0.292 e. The van der Waals surface area contributed by atoms with E-state index < -0.39 is 4.92 Å². The van der Waals surface area contributed by atoms with Gasteiger partial charge in [0.2, 0.25) is 0 Å². The first-order valence-electron chi connectivity index (χ1n) is 6.27. The Balaban J connectivity index is 1.90. The molecule has 9 heteroatoms. The summed E-state index contributed by atoms with van der Waals surface area (Å²) in [4.78, 5) is 24.3. The highest BCUT2D eigenvalue weighted by molar-refractivity contribution is 6.01. The largest absolute Gasteiger partial charge is 0.393 e. The smallest absolute Gasteiger partial charge is 0.292 e. The van der Waals surface area contributed by atoms with Crippen molar-refractivity contribution in [3.63, 3.8) is 0 Å². The van der Waals surface area contributed by atoms with Gasteiger partial charge in [0.15, 0.2) is 5.82 Å². The summed E-state index contributed by atoms with van der Waals surface area (Å²) in [5, 5.41) is 18.6. The molecule has 0 unspecified atom stereocenters. The number of para-hydroxylation sites is 1. The first-order valence-corrected chi connectivity index (χ1v) is 6.27. The predicted octanol–water partition coefficient (Wildman–Crippen LogP) is 0.424. The minimum absolute atomic E-state index is 0.112. The number of nitro benzene ring substituents is 1. The zero-order valence-corrected chi connectivity index (χ0v) is 11.0. The molecule has 21 heavy (non-hydrogen) atoms. The van der Waals surface area contributed by atoms with E-state index in [0.29, 0.717) is 25.5 Å². The summed E-state index contributed by atoms with van der Waals surface area (Å²) >= 11 is 0. The highest BCUT2D eigenvalue weighted by Crippen LogP contribution is 2.26. The summed E-state index contributed by atoms with van der Waals surface area (Å²) in [6.07, 6.45) is 1.61. The van der Waals surface area contributed by atoms with Crippen LogP contribution in [0.4, 0.5) is 11.4 Å². The second-order valence-electron chi connectivity index (χ2n) is 4.66. The van der Waals surface area contributed by atoms with Crippen molar-refractivity contribution in [2.75, 3.05) is 12.3 Å². The van der Waals surface area contributed by atoms with Gasteiger partial charge in [-0.25, -0.2) is 0 Å².